The van der Waals surface area contributed by atoms with E-state index in [1.54, 1.807) is 26.4 Å². The van der Waals surface area contributed by atoms with E-state index in [0.717, 1.165) is 43.4 Å². The van der Waals surface area contributed by atoms with E-state index in [9.17, 15) is 14.0 Å². The van der Waals surface area contributed by atoms with Crippen LogP contribution in [0.5, 0.6) is 11.5 Å². The van der Waals surface area contributed by atoms with E-state index in [1.165, 1.54) is 12.1 Å². The van der Waals surface area contributed by atoms with Crippen LogP contribution >= 0.6 is 0 Å². The van der Waals surface area contributed by atoms with E-state index >= 15 is 0 Å². The summed E-state index contributed by atoms with van der Waals surface area (Å²) in [4.78, 5) is 27.4. The lowest BCUT2D eigenvalue weighted by Crippen LogP contribution is -2.37. The maximum absolute atomic E-state index is 13.8. The average Bonchev–Trinajstić information content (AvgIpc) is 2.92. The number of hydrogen-bond acceptors (Lipinski definition) is 6. The van der Waals surface area contributed by atoms with Gasteiger partial charge in [0.25, 0.3) is 0 Å². The molecule has 38 heavy (non-hydrogen) atoms. The number of halogens is 1. The molecular weight excluding hydrogens is 485 g/mol. The minimum Gasteiger partial charge on any atom is -0.493 e. The summed E-state index contributed by atoms with van der Waals surface area (Å²) < 4.78 is 30.7. The normalized spacial score (nSPS) is 22.1. The van der Waals surface area contributed by atoms with E-state index in [1.807, 2.05) is 25.1 Å². The van der Waals surface area contributed by atoms with Crippen LogP contribution in [-0.2, 0) is 14.3 Å². The lowest BCUT2D eigenvalue weighted by Gasteiger charge is -2.37. The number of ether oxygens (including phenoxy) is 3. The SMILES string of the molecule is COc1ccc([C@H]2CC(=O)C3=C(C2)NC(C)=C(C(=O)OC2CCCCC2)[C@@H]3c2ccc(F)cc2)cc1OC. The molecule has 1 saturated carbocycles. The Balaban J connectivity index is 1.51. The van der Waals surface area contributed by atoms with E-state index < -0.39 is 11.9 Å². The molecule has 0 amide bonds. The zero-order valence-corrected chi connectivity index (χ0v) is 22.1. The number of ketones is 1. The predicted octanol–water partition coefficient (Wildman–Crippen LogP) is 6.08. The van der Waals surface area contributed by atoms with Crippen LogP contribution in [0, 0.1) is 5.82 Å². The topological polar surface area (TPSA) is 73.9 Å². The molecule has 0 radical (unpaired) electrons. The van der Waals surface area contributed by atoms with E-state index in [-0.39, 0.29) is 30.0 Å². The number of allylic oxidation sites excluding steroid dienone is 3. The van der Waals surface area contributed by atoms with Crippen molar-refractivity contribution in [3.8, 4) is 11.5 Å². The lowest BCUT2D eigenvalue weighted by molar-refractivity contribution is -0.146. The van der Waals surface area contributed by atoms with E-state index in [4.69, 9.17) is 14.2 Å². The number of Topliss-reactive ketones (excluding diaryl/α,β-unsaturated/α-hetero) is 1. The number of hydrogen-bond donors (Lipinski definition) is 1. The summed E-state index contributed by atoms with van der Waals surface area (Å²) in [5.74, 6) is -0.242. The first kappa shape index (κ1) is 26.0. The van der Waals surface area contributed by atoms with Crippen LogP contribution < -0.4 is 14.8 Å². The van der Waals surface area contributed by atoms with Gasteiger partial charge in [-0.1, -0.05) is 24.6 Å². The van der Waals surface area contributed by atoms with Crippen molar-refractivity contribution < 1.29 is 28.2 Å². The van der Waals surface area contributed by atoms with Crippen LogP contribution in [0.25, 0.3) is 0 Å². The minimum absolute atomic E-state index is 0.0386. The summed E-state index contributed by atoms with van der Waals surface area (Å²) in [5, 5.41) is 3.39. The van der Waals surface area contributed by atoms with Crippen molar-refractivity contribution in [2.45, 2.75) is 69.8 Å². The molecule has 1 fully saturated rings. The molecule has 2 aromatic rings. The number of benzene rings is 2. The Hall–Kier alpha value is -3.61. The van der Waals surface area contributed by atoms with Crippen molar-refractivity contribution in [3.05, 3.63) is 81.9 Å². The average molecular weight is 520 g/mol. The second kappa shape index (κ2) is 11.0. The van der Waals surface area contributed by atoms with Crippen molar-refractivity contribution in [1.82, 2.24) is 5.32 Å². The molecule has 2 aromatic carbocycles. The van der Waals surface area contributed by atoms with Crippen LogP contribution in [0.1, 0.15) is 74.8 Å². The maximum Gasteiger partial charge on any atom is 0.337 e. The molecule has 7 heteroatoms. The van der Waals surface area contributed by atoms with Gasteiger partial charge in [0.05, 0.1) is 19.8 Å². The highest BCUT2D eigenvalue weighted by Gasteiger charge is 2.42. The van der Waals surface area contributed by atoms with Gasteiger partial charge in [-0.05, 0) is 80.3 Å². The molecule has 0 spiro atoms. The van der Waals surface area contributed by atoms with E-state index in [2.05, 4.69) is 5.32 Å². The zero-order valence-electron chi connectivity index (χ0n) is 22.1. The molecule has 2 aliphatic carbocycles. The second-order valence-corrected chi connectivity index (χ2v) is 10.3. The third kappa shape index (κ3) is 5.06. The summed E-state index contributed by atoms with van der Waals surface area (Å²) in [7, 11) is 3.18. The molecule has 200 valence electrons. The number of methoxy groups -OCH3 is 2. The zero-order chi connectivity index (χ0) is 26.8. The smallest absolute Gasteiger partial charge is 0.337 e. The van der Waals surface area contributed by atoms with Crippen LogP contribution in [0.2, 0.25) is 0 Å². The molecule has 0 saturated heterocycles. The fraction of sp³-hybridized carbons (Fsp3) is 0.419. The Morgan fingerprint density at radius 3 is 2.29 bits per heavy atom. The number of esters is 1. The van der Waals surface area contributed by atoms with Gasteiger partial charge >= 0.3 is 5.97 Å². The summed E-state index contributed by atoms with van der Waals surface area (Å²) in [6, 6.07) is 11.8. The van der Waals surface area contributed by atoms with Crippen molar-refractivity contribution >= 4 is 11.8 Å². The summed E-state index contributed by atoms with van der Waals surface area (Å²) >= 11 is 0. The molecule has 5 rings (SSSR count). The molecule has 6 nitrogen and oxygen atoms in total. The molecule has 2 atom stereocenters. The van der Waals surface area contributed by atoms with Gasteiger partial charge in [-0.15, -0.1) is 0 Å². The van der Waals surface area contributed by atoms with Crippen LogP contribution in [0.15, 0.2) is 65.0 Å². The van der Waals surface area contributed by atoms with Gasteiger partial charge < -0.3 is 19.5 Å². The van der Waals surface area contributed by atoms with Gasteiger partial charge in [-0.25, -0.2) is 9.18 Å². The monoisotopic (exact) mass is 519 g/mol. The number of carbonyl (C=O) groups is 2. The first-order valence-corrected chi connectivity index (χ1v) is 13.3. The highest BCUT2D eigenvalue weighted by molar-refractivity contribution is 6.04. The van der Waals surface area contributed by atoms with Gasteiger partial charge in [-0.2, -0.15) is 0 Å². The minimum atomic E-state index is -0.609. The number of rotatable bonds is 6. The molecule has 1 N–H and O–H groups in total. The third-order valence-electron chi connectivity index (χ3n) is 7.96. The van der Waals surface area contributed by atoms with Crippen molar-refractivity contribution in [2.24, 2.45) is 0 Å². The Morgan fingerprint density at radius 2 is 1.61 bits per heavy atom. The van der Waals surface area contributed by atoms with Gasteiger partial charge in [0.15, 0.2) is 17.3 Å². The van der Waals surface area contributed by atoms with E-state index in [0.29, 0.717) is 40.3 Å². The Morgan fingerprint density at radius 1 is 0.921 bits per heavy atom. The molecule has 1 heterocycles. The van der Waals surface area contributed by atoms with Crippen molar-refractivity contribution in [3.63, 3.8) is 0 Å². The quantitative estimate of drug-likeness (QED) is 0.466. The molecule has 0 unspecified atom stereocenters. The molecule has 1 aliphatic heterocycles. The molecule has 0 aromatic heterocycles. The fourth-order valence-electron chi connectivity index (χ4n) is 6.04. The van der Waals surface area contributed by atoms with Crippen molar-refractivity contribution in [1.29, 1.82) is 0 Å². The van der Waals surface area contributed by atoms with Gasteiger partial charge in [-0.3, -0.25) is 4.79 Å². The summed E-state index contributed by atoms with van der Waals surface area (Å²) in [5.41, 5.74) is 4.13. The first-order valence-electron chi connectivity index (χ1n) is 13.3. The fourth-order valence-corrected chi connectivity index (χ4v) is 6.04. The standard InChI is InChI=1S/C31H34FNO5/c1-18-28(31(35)38-23-7-5-4-6-8-23)29(19-9-12-22(32)13-10-19)30-24(33-18)15-21(16-25(30)34)20-11-14-26(36-2)27(17-20)37-3/h9-14,17,21,23,29,33H,4-8,15-16H2,1-3H3/t21-,29+/m1/s1. The van der Waals surface area contributed by atoms with Gasteiger partial charge in [0.1, 0.15) is 11.9 Å². The largest absolute Gasteiger partial charge is 0.493 e. The Bertz CT molecular complexity index is 1290. The maximum atomic E-state index is 13.8. The summed E-state index contributed by atoms with van der Waals surface area (Å²) in [6.07, 6.45) is 5.72. The third-order valence-corrected chi connectivity index (χ3v) is 7.96. The van der Waals surface area contributed by atoms with Gasteiger partial charge in [0.2, 0.25) is 0 Å². The second-order valence-electron chi connectivity index (χ2n) is 10.3. The lowest BCUT2D eigenvalue weighted by atomic mass is 9.71. The first-order chi connectivity index (χ1) is 18.4. The predicted molar refractivity (Wildman–Crippen MR) is 141 cm³/mol. The van der Waals surface area contributed by atoms with Crippen LogP contribution in [-0.4, -0.2) is 32.1 Å². The Labute approximate surface area is 222 Å². The van der Waals surface area contributed by atoms with Crippen LogP contribution in [0.4, 0.5) is 4.39 Å². The Kier molecular flexibility index (Phi) is 7.54. The van der Waals surface area contributed by atoms with Crippen molar-refractivity contribution in [2.75, 3.05) is 14.2 Å². The number of nitrogens with one attached hydrogen (secondary N) is 1. The van der Waals surface area contributed by atoms with Crippen LogP contribution in [0.3, 0.4) is 0 Å². The summed E-state index contributed by atoms with van der Waals surface area (Å²) in [6.45, 7) is 1.85. The molecular formula is C31H34FNO5. The highest BCUT2D eigenvalue weighted by atomic mass is 19.1. The number of dihydropyridines is 1. The molecule has 3 aliphatic rings. The van der Waals surface area contributed by atoms with Gasteiger partial charge in [0, 0.05) is 29.3 Å². The highest BCUT2D eigenvalue weighted by Crippen LogP contribution is 2.46. The number of carbonyl (C=O) groups excluding carboxylic acids is 2. The molecule has 0 bridgehead atoms.